The summed E-state index contributed by atoms with van der Waals surface area (Å²) >= 11 is 0. The molecule has 0 aliphatic rings. The highest BCUT2D eigenvalue weighted by Crippen LogP contribution is 2.27. The number of nitrogens with one attached hydrogen (secondary N) is 2. The van der Waals surface area contributed by atoms with Crippen molar-refractivity contribution in [2.24, 2.45) is 0 Å². The van der Waals surface area contributed by atoms with Gasteiger partial charge in [-0.05, 0) is 31.5 Å². The van der Waals surface area contributed by atoms with Gasteiger partial charge in [0.15, 0.2) is 0 Å². The smallest absolute Gasteiger partial charge is 0.232 e. The highest BCUT2D eigenvalue weighted by molar-refractivity contribution is 7.92. The molecule has 0 aliphatic heterocycles. The molecule has 2 aromatic heterocycles. The van der Waals surface area contributed by atoms with Crippen molar-refractivity contribution in [3.8, 4) is 11.3 Å². The molecule has 0 saturated heterocycles. The van der Waals surface area contributed by atoms with Crippen LogP contribution < -0.4 is 4.72 Å². The number of fused-ring (bicyclic) bond motifs is 1. The van der Waals surface area contributed by atoms with E-state index in [2.05, 4.69) is 19.7 Å². The zero-order valence-electron chi connectivity index (χ0n) is 13.0. The minimum Gasteiger partial charge on any atom is -0.343 e. The second-order valence-corrected chi connectivity index (χ2v) is 7.28. The summed E-state index contributed by atoms with van der Waals surface area (Å²) in [5, 5.41) is 0.948. The number of hydrogen-bond donors (Lipinski definition) is 2. The first-order valence-corrected chi connectivity index (χ1v) is 9.05. The number of sulfonamides is 1. The summed E-state index contributed by atoms with van der Waals surface area (Å²) in [5.41, 5.74) is 4.10. The van der Waals surface area contributed by atoms with Gasteiger partial charge in [0, 0.05) is 22.3 Å². The van der Waals surface area contributed by atoms with Crippen LogP contribution in [0.15, 0.2) is 36.7 Å². The molecule has 3 aromatic rings. The van der Waals surface area contributed by atoms with Gasteiger partial charge in [0.25, 0.3) is 0 Å². The highest BCUT2D eigenvalue weighted by atomic mass is 32.2. The Hall–Kier alpha value is -2.41. The molecule has 0 radical (unpaired) electrons. The number of hydrogen-bond acceptors (Lipinski definition) is 4. The van der Waals surface area contributed by atoms with E-state index in [0.717, 1.165) is 28.0 Å². The molecule has 120 valence electrons. The van der Waals surface area contributed by atoms with Crippen molar-refractivity contribution >= 4 is 26.7 Å². The zero-order chi connectivity index (χ0) is 16.4. The third-order valence-corrected chi connectivity index (χ3v) is 4.96. The van der Waals surface area contributed by atoms with Gasteiger partial charge in [-0.3, -0.25) is 4.72 Å². The number of H-pyrrole nitrogens is 1. The maximum atomic E-state index is 11.8. The van der Waals surface area contributed by atoms with E-state index in [1.807, 2.05) is 32.0 Å². The summed E-state index contributed by atoms with van der Waals surface area (Å²) in [5.74, 6) is 0.115. The van der Waals surface area contributed by atoms with Crippen LogP contribution in [0.5, 0.6) is 0 Å². The molecule has 0 spiro atoms. The molecular weight excluding hydrogens is 312 g/mol. The Morgan fingerprint density at radius 1 is 1.17 bits per heavy atom. The third kappa shape index (κ3) is 3.34. The third-order valence-electron chi connectivity index (χ3n) is 3.46. The van der Waals surface area contributed by atoms with Crippen LogP contribution in [0.3, 0.4) is 0 Å². The first-order valence-electron chi connectivity index (χ1n) is 7.40. The van der Waals surface area contributed by atoms with E-state index < -0.39 is 10.0 Å². The molecule has 0 fully saturated rings. The number of aryl methyl sites for hydroxylation is 1. The maximum absolute atomic E-state index is 11.8. The lowest BCUT2D eigenvalue weighted by Gasteiger charge is -2.08. The Kier molecular flexibility index (Phi) is 4.04. The van der Waals surface area contributed by atoms with Crippen LogP contribution in [0.2, 0.25) is 0 Å². The summed E-state index contributed by atoms with van der Waals surface area (Å²) in [6.07, 6.45) is 2.10. The van der Waals surface area contributed by atoms with Crippen LogP contribution in [-0.4, -0.2) is 29.1 Å². The molecule has 0 amide bonds. The fourth-order valence-corrected chi connectivity index (χ4v) is 3.63. The van der Waals surface area contributed by atoms with Gasteiger partial charge in [-0.2, -0.15) is 0 Å². The summed E-state index contributed by atoms with van der Waals surface area (Å²) < 4.78 is 26.2. The van der Waals surface area contributed by atoms with Gasteiger partial charge >= 0.3 is 0 Å². The lowest BCUT2D eigenvalue weighted by Crippen LogP contribution is -2.15. The predicted octanol–water partition coefficient (Wildman–Crippen LogP) is 3.09. The molecule has 0 atom stereocenters. The van der Waals surface area contributed by atoms with Gasteiger partial charge in [-0.25, -0.2) is 18.4 Å². The van der Waals surface area contributed by atoms with Gasteiger partial charge in [0.2, 0.25) is 10.0 Å². The molecule has 0 aliphatic carbocycles. The van der Waals surface area contributed by atoms with E-state index in [1.165, 1.54) is 6.33 Å². The Morgan fingerprint density at radius 2 is 1.91 bits per heavy atom. The van der Waals surface area contributed by atoms with Crippen LogP contribution in [-0.2, 0) is 10.0 Å². The molecule has 7 heteroatoms. The average molecular weight is 330 g/mol. The molecule has 0 saturated carbocycles. The Morgan fingerprint density at radius 3 is 2.61 bits per heavy atom. The summed E-state index contributed by atoms with van der Waals surface area (Å²) in [6, 6.07) is 9.20. The fraction of sp³-hybridized carbons (Fsp3) is 0.250. The van der Waals surface area contributed by atoms with Crippen LogP contribution >= 0.6 is 0 Å². The van der Waals surface area contributed by atoms with E-state index in [9.17, 15) is 8.42 Å². The van der Waals surface area contributed by atoms with Crippen molar-refractivity contribution in [2.45, 2.75) is 20.3 Å². The summed E-state index contributed by atoms with van der Waals surface area (Å²) in [7, 11) is -3.27. The molecule has 23 heavy (non-hydrogen) atoms. The number of nitrogens with zero attached hydrogens (tertiary/aromatic N) is 2. The number of rotatable bonds is 5. The van der Waals surface area contributed by atoms with Crippen LogP contribution in [0.1, 0.15) is 19.0 Å². The van der Waals surface area contributed by atoms with Crippen molar-refractivity contribution in [1.82, 2.24) is 15.0 Å². The van der Waals surface area contributed by atoms with Crippen LogP contribution in [0, 0.1) is 6.92 Å². The quantitative estimate of drug-likeness (QED) is 0.752. The van der Waals surface area contributed by atoms with Crippen molar-refractivity contribution < 1.29 is 8.42 Å². The Balaban J connectivity index is 1.92. The Labute approximate surface area is 135 Å². The fourth-order valence-electron chi connectivity index (χ4n) is 2.50. The van der Waals surface area contributed by atoms with E-state index in [1.54, 1.807) is 12.1 Å². The lowest BCUT2D eigenvalue weighted by atomic mass is 10.1. The molecule has 6 nitrogen and oxygen atoms in total. The minimum absolute atomic E-state index is 0.115. The van der Waals surface area contributed by atoms with Gasteiger partial charge in [0.1, 0.15) is 12.0 Å². The second kappa shape index (κ2) is 6.00. The minimum atomic E-state index is -3.27. The second-order valence-electron chi connectivity index (χ2n) is 5.44. The van der Waals surface area contributed by atoms with Crippen LogP contribution in [0.25, 0.3) is 22.3 Å². The monoisotopic (exact) mass is 330 g/mol. The molecule has 2 heterocycles. The van der Waals surface area contributed by atoms with Crippen molar-refractivity contribution in [2.75, 3.05) is 10.5 Å². The molecule has 0 unspecified atom stereocenters. The highest BCUT2D eigenvalue weighted by Gasteiger charge is 2.11. The molecule has 1 aromatic carbocycles. The zero-order valence-corrected chi connectivity index (χ0v) is 13.8. The molecule has 0 bridgehead atoms. The van der Waals surface area contributed by atoms with Gasteiger partial charge in [-0.15, -0.1) is 0 Å². The van der Waals surface area contributed by atoms with Crippen molar-refractivity contribution in [3.63, 3.8) is 0 Å². The first kappa shape index (κ1) is 15.5. The normalized spacial score (nSPS) is 11.7. The largest absolute Gasteiger partial charge is 0.343 e. The van der Waals surface area contributed by atoms with Crippen LogP contribution in [0.4, 0.5) is 5.69 Å². The Bertz CT molecular complexity index is 930. The average Bonchev–Trinajstić information content (AvgIpc) is 2.87. The topological polar surface area (TPSA) is 87.7 Å². The summed E-state index contributed by atoms with van der Waals surface area (Å²) in [6.45, 7) is 3.80. The van der Waals surface area contributed by atoms with Gasteiger partial charge in [0.05, 0.1) is 11.4 Å². The number of aromatic nitrogens is 3. The molecular formula is C16H18N4O2S. The van der Waals surface area contributed by atoms with E-state index in [4.69, 9.17) is 0 Å². The molecule has 3 rings (SSSR count). The lowest BCUT2D eigenvalue weighted by molar-refractivity contribution is 0.600. The number of anilines is 1. The SMILES string of the molecule is CCCS(=O)(=O)Nc1ccc(-c2ncnc3[nH]c(C)cc23)cc1. The van der Waals surface area contributed by atoms with Crippen molar-refractivity contribution in [3.05, 3.63) is 42.4 Å². The number of benzene rings is 1. The standard InChI is InChI=1S/C16H18N4O2S/c1-3-8-23(21,22)20-13-6-4-12(5-7-13)15-14-9-11(2)19-16(14)18-10-17-15/h4-7,9-10,20H,3,8H2,1-2H3,(H,17,18,19). The first-order chi connectivity index (χ1) is 11.0. The van der Waals surface area contributed by atoms with Gasteiger partial charge in [-0.1, -0.05) is 19.1 Å². The molecule has 2 N–H and O–H groups in total. The maximum Gasteiger partial charge on any atom is 0.232 e. The number of aromatic amines is 1. The predicted molar refractivity (Wildman–Crippen MR) is 91.8 cm³/mol. The van der Waals surface area contributed by atoms with Crippen molar-refractivity contribution in [1.29, 1.82) is 0 Å². The van der Waals surface area contributed by atoms with E-state index in [0.29, 0.717) is 12.1 Å². The van der Waals surface area contributed by atoms with E-state index in [-0.39, 0.29) is 5.75 Å². The van der Waals surface area contributed by atoms with Gasteiger partial charge < -0.3 is 4.98 Å². The summed E-state index contributed by atoms with van der Waals surface area (Å²) in [4.78, 5) is 11.8. The van der Waals surface area contributed by atoms with E-state index >= 15 is 0 Å².